The molecule has 1 aliphatic heterocycles. The van der Waals surface area contributed by atoms with Crippen LogP contribution in [0.15, 0.2) is 0 Å². The maximum atomic E-state index is 9.93. The summed E-state index contributed by atoms with van der Waals surface area (Å²) in [6, 6.07) is 0. The van der Waals surface area contributed by atoms with Crippen LogP contribution in [-0.4, -0.2) is 64.5 Å². The highest BCUT2D eigenvalue weighted by atomic mass is 16.5. The number of likely N-dealkylation sites (N-methyl/N-ethyl adjacent to an activating group) is 1. The summed E-state index contributed by atoms with van der Waals surface area (Å²) < 4.78 is 5.50. The van der Waals surface area contributed by atoms with E-state index in [-0.39, 0.29) is 29.9 Å². The molecule has 0 aromatic carbocycles. The monoisotopic (exact) mass is 302 g/mol. The number of aromatic nitrogens is 2. The second-order valence-electron chi connectivity index (χ2n) is 4.45. The molecule has 10 nitrogen and oxygen atoms in total. The predicted molar refractivity (Wildman–Crippen MR) is 78.2 cm³/mol. The average molecular weight is 302 g/mol. The van der Waals surface area contributed by atoms with Crippen molar-refractivity contribution in [2.75, 3.05) is 42.9 Å². The van der Waals surface area contributed by atoms with Gasteiger partial charge in [-0.25, -0.2) is 0 Å². The molecule has 0 spiro atoms. The van der Waals surface area contributed by atoms with Crippen molar-refractivity contribution in [3.05, 3.63) is 0 Å². The molecule has 21 heavy (non-hydrogen) atoms. The summed E-state index contributed by atoms with van der Waals surface area (Å²) in [4.78, 5) is 9.27. The van der Waals surface area contributed by atoms with Crippen LogP contribution in [0.1, 0.15) is 6.42 Å². The molecular weight excluding hydrogens is 280 g/mol. The minimum Gasteiger partial charge on any atom is -0.400 e. The Morgan fingerprint density at radius 1 is 1.29 bits per heavy atom. The molecule has 9 N–H and O–H groups in total. The topological polar surface area (TPSA) is 177 Å². The van der Waals surface area contributed by atoms with Gasteiger partial charge in [0.05, 0.1) is 12.7 Å². The number of rotatable bonds is 3. The van der Waals surface area contributed by atoms with Gasteiger partial charge in [-0.15, -0.1) is 0 Å². The standard InChI is InChI=1S/C10H18N6O3.CH4O/c1-16(9-5(18)2-4(3-17)19-9)8-6(11)7(12)14-10(13)15-8;1-2/h4-5,9,17-18H,2-3,11H2,1H3,(H4,12,13,14,15);2H,1H3. The number of nitrogen functional groups attached to an aromatic ring is 3. The van der Waals surface area contributed by atoms with Gasteiger partial charge in [0.15, 0.2) is 17.9 Å². The van der Waals surface area contributed by atoms with Crippen LogP contribution in [0, 0.1) is 0 Å². The number of anilines is 4. The van der Waals surface area contributed by atoms with E-state index in [1.54, 1.807) is 7.05 Å². The lowest BCUT2D eigenvalue weighted by molar-refractivity contribution is -0.00839. The van der Waals surface area contributed by atoms with E-state index >= 15 is 0 Å². The van der Waals surface area contributed by atoms with Gasteiger partial charge >= 0.3 is 0 Å². The molecule has 1 aromatic rings. The normalized spacial score (nSPS) is 24.3. The van der Waals surface area contributed by atoms with Crippen LogP contribution in [0.5, 0.6) is 0 Å². The molecule has 1 fully saturated rings. The summed E-state index contributed by atoms with van der Waals surface area (Å²) in [5.41, 5.74) is 17.1. The Hall–Kier alpha value is -1.88. The van der Waals surface area contributed by atoms with E-state index in [1.165, 1.54) is 4.90 Å². The fraction of sp³-hybridized carbons (Fsp3) is 0.636. The van der Waals surface area contributed by atoms with Crippen LogP contribution >= 0.6 is 0 Å². The molecule has 1 aliphatic rings. The number of nitrogens with zero attached hydrogens (tertiary/aromatic N) is 3. The highest BCUT2D eigenvalue weighted by molar-refractivity contribution is 5.75. The third-order valence-electron chi connectivity index (χ3n) is 3.06. The third kappa shape index (κ3) is 3.61. The predicted octanol–water partition coefficient (Wildman–Crippen LogP) is -2.26. The van der Waals surface area contributed by atoms with E-state index in [2.05, 4.69) is 9.97 Å². The molecular formula is C11H22N6O4. The van der Waals surface area contributed by atoms with Crippen LogP contribution in [0.3, 0.4) is 0 Å². The molecule has 1 aromatic heterocycles. The molecule has 2 rings (SSSR count). The fourth-order valence-corrected chi connectivity index (χ4v) is 2.08. The van der Waals surface area contributed by atoms with Crippen LogP contribution in [0.4, 0.5) is 23.3 Å². The van der Waals surface area contributed by atoms with Crippen molar-refractivity contribution in [3.8, 4) is 0 Å². The fourth-order valence-electron chi connectivity index (χ4n) is 2.08. The Kier molecular flexibility index (Phi) is 5.90. The van der Waals surface area contributed by atoms with E-state index < -0.39 is 18.4 Å². The molecule has 0 saturated carbocycles. The number of ether oxygens (including phenoxy) is 1. The van der Waals surface area contributed by atoms with E-state index in [1.807, 2.05) is 0 Å². The number of hydrogen-bond donors (Lipinski definition) is 6. The van der Waals surface area contributed by atoms with Gasteiger partial charge in [0.2, 0.25) is 5.95 Å². The van der Waals surface area contributed by atoms with Crippen LogP contribution < -0.4 is 22.1 Å². The van der Waals surface area contributed by atoms with Crippen LogP contribution in [0.2, 0.25) is 0 Å². The zero-order chi connectivity index (χ0) is 16.2. The van der Waals surface area contributed by atoms with Crippen molar-refractivity contribution >= 4 is 23.3 Å². The van der Waals surface area contributed by atoms with Gasteiger partial charge in [-0.1, -0.05) is 0 Å². The highest BCUT2D eigenvalue weighted by Crippen LogP contribution is 2.31. The van der Waals surface area contributed by atoms with Crippen molar-refractivity contribution in [2.24, 2.45) is 0 Å². The first-order valence-electron chi connectivity index (χ1n) is 6.24. The minimum absolute atomic E-state index is 0.0141. The molecule has 3 unspecified atom stereocenters. The number of nitrogens with two attached hydrogens (primary N) is 3. The number of aliphatic hydroxyl groups excluding tert-OH is 3. The smallest absolute Gasteiger partial charge is 0.224 e. The zero-order valence-corrected chi connectivity index (χ0v) is 12.0. The Labute approximate surface area is 122 Å². The lowest BCUT2D eigenvalue weighted by Gasteiger charge is -2.28. The Morgan fingerprint density at radius 3 is 2.43 bits per heavy atom. The molecule has 0 bridgehead atoms. The average Bonchev–Trinajstić information content (AvgIpc) is 2.85. The van der Waals surface area contributed by atoms with Crippen molar-refractivity contribution in [1.82, 2.24) is 9.97 Å². The van der Waals surface area contributed by atoms with Crippen LogP contribution in [-0.2, 0) is 4.74 Å². The molecule has 3 atom stereocenters. The molecule has 10 heteroatoms. The zero-order valence-electron chi connectivity index (χ0n) is 12.0. The Balaban J connectivity index is 0.00000106. The maximum Gasteiger partial charge on any atom is 0.224 e. The first kappa shape index (κ1) is 17.2. The summed E-state index contributed by atoms with van der Waals surface area (Å²) in [6.07, 6.45) is -1.52. The van der Waals surface area contributed by atoms with Crippen molar-refractivity contribution in [1.29, 1.82) is 0 Å². The van der Waals surface area contributed by atoms with E-state index in [4.69, 9.17) is 32.2 Å². The third-order valence-corrected chi connectivity index (χ3v) is 3.06. The number of aliphatic hydroxyl groups is 3. The molecule has 2 heterocycles. The van der Waals surface area contributed by atoms with Gasteiger partial charge in [-0.2, -0.15) is 9.97 Å². The van der Waals surface area contributed by atoms with E-state index in [0.717, 1.165) is 7.11 Å². The SMILES string of the molecule is CN(c1nc(N)nc(N)c1N)C1OC(CO)CC1O.CO. The quantitative estimate of drug-likeness (QED) is 0.357. The van der Waals surface area contributed by atoms with Gasteiger partial charge in [0.1, 0.15) is 11.8 Å². The minimum atomic E-state index is -0.765. The second-order valence-corrected chi connectivity index (χ2v) is 4.45. The molecule has 120 valence electrons. The molecule has 0 aliphatic carbocycles. The lowest BCUT2D eigenvalue weighted by atomic mass is 10.2. The largest absolute Gasteiger partial charge is 0.400 e. The van der Waals surface area contributed by atoms with Gasteiger partial charge in [0, 0.05) is 20.6 Å². The second kappa shape index (κ2) is 7.22. The molecule has 0 radical (unpaired) electrons. The van der Waals surface area contributed by atoms with Gasteiger partial charge in [-0.05, 0) is 0 Å². The molecule has 1 saturated heterocycles. The van der Waals surface area contributed by atoms with Crippen molar-refractivity contribution in [2.45, 2.75) is 24.9 Å². The Morgan fingerprint density at radius 2 is 1.90 bits per heavy atom. The van der Waals surface area contributed by atoms with Crippen molar-refractivity contribution in [3.63, 3.8) is 0 Å². The first-order chi connectivity index (χ1) is 9.93. The summed E-state index contributed by atoms with van der Waals surface area (Å²) in [5.74, 6) is 0.341. The summed E-state index contributed by atoms with van der Waals surface area (Å²) in [7, 11) is 2.64. The van der Waals surface area contributed by atoms with Crippen molar-refractivity contribution < 1.29 is 20.1 Å². The Bertz CT molecular complexity index is 474. The van der Waals surface area contributed by atoms with Crippen LogP contribution in [0.25, 0.3) is 0 Å². The summed E-state index contributed by atoms with van der Waals surface area (Å²) in [6.45, 7) is -0.162. The van der Waals surface area contributed by atoms with E-state index in [9.17, 15) is 5.11 Å². The summed E-state index contributed by atoms with van der Waals surface area (Å²) >= 11 is 0. The molecule has 0 amide bonds. The maximum absolute atomic E-state index is 9.93. The van der Waals surface area contributed by atoms with Gasteiger partial charge in [-0.3, -0.25) is 0 Å². The summed E-state index contributed by atoms with van der Waals surface area (Å²) in [5, 5.41) is 26.0. The van der Waals surface area contributed by atoms with Gasteiger partial charge < -0.3 is 42.2 Å². The van der Waals surface area contributed by atoms with Gasteiger partial charge in [0.25, 0.3) is 0 Å². The highest BCUT2D eigenvalue weighted by Gasteiger charge is 2.37. The first-order valence-corrected chi connectivity index (χ1v) is 6.24. The van der Waals surface area contributed by atoms with E-state index in [0.29, 0.717) is 6.42 Å². The lowest BCUT2D eigenvalue weighted by Crippen LogP contribution is -2.40. The number of hydrogen-bond acceptors (Lipinski definition) is 10.